The van der Waals surface area contributed by atoms with Gasteiger partial charge in [0.25, 0.3) is 0 Å². The van der Waals surface area contributed by atoms with Crippen LogP contribution in [0.4, 0.5) is 4.79 Å². The Labute approximate surface area is 178 Å². The highest BCUT2D eigenvalue weighted by molar-refractivity contribution is 7.88. The summed E-state index contributed by atoms with van der Waals surface area (Å²) in [6.07, 6.45) is 2.60. The fourth-order valence-electron chi connectivity index (χ4n) is 3.99. The zero-order valence-corrected chi connectivity index (χ0v) is 18.3. The zero-order chi connectivity index (χ0) is 21.7. The number of nitrogens with zero attached hydrogens (tertiary/aromatic N) is 1. The third-order valence-electron chi connectivity index (χ3n) is 5.33. The summed E-state index contributed by atoms with van der Waals surface area (Å²) in [6, 6.07) is 15.2. The molecule has 0 aliphatic carbocycles. The van der Waals surface area contributed by atoms with E-state index in [0.717, 1.165) is 28.7 Å². The summed E-state index contributed by atoms with van der Waals surface area (Å²) in [5.41, 5.74) is 3.06. The van der Waals surface area contributed by atoms with Crippen molar-refractivity contribution < 1.29 is 22.7 Å². The van der Waals surface area contributed by atoms with Gasteiger partial charge >= 0.3 is 6.09 Å². The molecule has 1 N–H and O–H groups in total. The molecule has 2 atom stereocenters. The van der Waals surface area contributed by atoms with Crippen molar-refractivity contribution in [2.45, 2.75) is 31.3 Å². The molecule has 0 unspecified atom stereocenters. The predicted octanol–water partition coefficient (Wildman–Crippen LogP) is 3.05. The molecule has 30 heavy (non-hydrogen) atoms. The number of sulfonamides is 1. The molecule has 3 rings (SSSR count). The van der Waals surface area contributed by atoms with Crippen molar-refractivity contribution in [1.29, 1.82) is 0 Å². The van der Waals surface area contributed by atoms with Gasteiger partial charge in [-0.25, -0.2) is 17.9 Å². The fourth-order valence-corrected chi connectivity index (χ4v) is 4.81. The van der Waals surface area contributed by atoms with Gasteiger partial charge in [0.1, 0.15) is 5.75 Å². The topological polar surface area (TPSA) is 84.9 Å². The molecule has 2 aromatic carbocycles. The maximum atomic E-state index is 12.4. The first-order valence-electron chi connectivity index (χ1n) is 9.86. The predicted molar refractivity (Wildman–Crippen MR) is 116 cm³/mol. The van der Waals surface area contributed by atoms with Gasteiger partial charge < -0.3 is 14.4 Å². The Bertz CT molecular complexity index is 993. The standard InChI is InChI=1S/C22H28N2O5S/c1-28-19-10-5-9-18(15-19)17-8-4-7-16(13-17)14-21-20(23-30(3,26)27)11-6-12-24(21)22(25)29-2/h4-5,7-10,13,15,20-21,23H,6,11-12,14H2,1-3H3/t20-,21-/m0/s1. The van der Waals surface area contributed by atoms with Gasteiger partial charge in [-0.1, -0.05) is 36.4 Å². The molecule has 1 amide bonds. The van der Waals surface area contributed by atoms with E-state index in [1.807, 2.05) is 42.5 Å². The van der Waals surface area contributed by atoms with Crippen LogP contribution in [0, 0.1) is 0 Å². The lowest BCUT2D eigenvalue weighted by Crippen LogP contribution is -2.57. The van der Waals surface area contributed by atoms with Crippen molar-refractivity contribution >= 4 is 16.1 Å². The van der Waals surface area contributed by atoms with E-state index in [1.54, 1.807) is 12.0 Å². The molecule has 1 fully saturated rings. The zero-order valence-electron chi connectivity index (χ0n) is 17.5. The van der Waals surface area contributed by atoms with Gasteiger partial charge in [-0.3, -0.25) is 0 Å². The first kappa shape index (κ1) is 22.1. The highest BCUT2D eigenvalue weighted by atomic mass is 32.2. The van der Waals surface area contributed by atoms with Gasteiger partial charge in [0, 0.05) is 12.6 Å². The molecule has 0 spiro atoms. The van der Waals surface area contributed by atoms with Crippen LogP contribution in [0.2, 0.25) is 0 Å². The second-order valence-electron chi connectivity index (χ2n) is 7.51. The SMILES string of the molecule is COC(=O)N1CCC[C@H](NS(C)(=O)=O)[C@@H]1Cc1cccc(-c2cccc(OC)c2)c1. The maximum Gasteiger partial charge on any atom is 0.409 e. The molecule has 162 valence electrons. The van der Waals surface area contributed by atoms with Crippen LogP contribution in [0.1, 0.15) is 18.4 Å². The van der Waals surface area contributed by atoms with Crippen LogP contribution in [0.25, 0.3) is 11.1 Å². The Balaban J connectivity index is 1.90. The van der Waals surface area contributed by atoms with E-state index in [2.05, 4.69) is 10.8 Å². The molecule has 7 nitrogen and oxygen atoms in total. The van der Waals surface area contributed by atoms with Crippen LogP contribution in [-0.4, -0.2) is 58.5 Å². The third-order valence-corrected chi connectivity index (χ3v) is 6.06. The summed E-state index contributed by atoms with van der Waals surface area (Å²) in [4.78, 5) is 14.0. The number of amides is 1. The fraction of sp³-hybridized carbons (Fsp3) is 0.409. The first-order valence-corrected chi connectivity index (χ1v) is 11.7. The Kier molecular flexibility index (Phi) is 6.99. The Morgan fingerprint density at radius 3 is 2.50 bits per heavy atom. The molecule has 0 bridgehead atoms. The average Bonchev–Trinajstić information content (AvgIpc) is 2.73. The maximum absolute atomic E-state index is 12.4. The molecule has 1 aliphatic rings. The van der Waals surface area contributed by atoms with E-state index in [1.165, 1.54) is 7.11 Å². The quantitative estimate of drug-likeness (QED) is 0.758. The summed E-state index contributed by atoms with van der Waals surface area (Å²) in [7, 11) is -0.429. The van der Waals surface area contributed by atoms with Gasteiger partial charge in [0.15, 0.2) is 0 Å². The molecular formula is C22H28N2O5S. The first-order chi connectivity index (χ1) is 14.3. The summed E-state index contributed by atoms with van der Waals surface area (Å²) in [5.74, 6) is 0.777. The number of ether oxygens (including phenoxy) is 2. The van der Waals surface area contributed by atoms with Crippen molar-refractivity contribution in [2.75, 3.05) is 27.0 Å². The number of hydrogen-bond donors (Lipinski definition) is 1. The minimum absolute atomic E-state index is 0.332. The van der Waals surface area contributed by atoms with E-state index >= 15 is 0 Å². The lowest BCUT2D eigenvalue weighted by atomic mass is 9.90. The monoisotopic (exact) mass is 432 g/mol. The van der Waals surface area contributed by atoms with Crippen molar-refractivity contribution in [1.82, 2.24) is 9.62 Å². The van der Waals surface area contributed by atoms with Gasteiger partial charge in [-0.15, -0.1) is 0 Å². The molecule has 8 heteroatoms. The number of piperidine rings is 1. The summed E-state index contributed by atoms with van der Waals surface area (Å²) in [5, 5.41) is 0. The van der Waals surface area contributed by atoms with Crippen molar-refractivity contribution in [3.63, 3.8) is 0 Å². The van der Waals surface area contributed by atoms with Gasteiger partial charge in [-0.2, -0.15) is 0 Å². The number of benzene rings is 2. The van der Waals surface area contributed by atoms with Gasteiger partial charge in [0.05, 0.1) is 26.5 Å². The van der Waals surface area contributed by atoms with Crippen LogP contribution in [0.5, 0.6) is 5.75 Å². The second-order valence-corrected chi connectivity index (χ2v) is 9.29. The lowest BCUT2D eigenvalue weighted by Gasteiger charge is -2.40. The van der Waals surface area contributed by atoms with Gasteiger partial charge in [0.2, 0.25) is 10.0 Å². The molecule has 0 radical (unpaired) electrons. The normalized spacial score (nSPS) is 19.4. The molecule has 0 saturated carbocycles. The largest absolute Gasteiger partial charge is 0.497 e. The number of nitrogens with one attached hydrogen (secondary N) is 1. The van der Waals surface area contributed by atoms with E-state index in [4.69, 9.17) is 9.47 Å². The highest BCUT2D eigenvalue weighted by Gasteiger charge is 2.36. The molecule has 2 aromatic rings. The Hall–Kier alpha value is -2.58. The number of carbonyl (C=O) groups excluding carboxylic acids is 1. The highest BCUT2D eigenvalue weighted by Crippen LogP contribution is 2.27. The number of carbonyl (C=O) groups is 1. The Morgan fingerprint density at radius 2 is 1.83 bits per heavy atom. The second kappa shape index (κ2) is 9.49. The third kappa shape index (κ3) is 5.52. The summed E-state index contributed by atoms with van der Waals surface area (Å²) >= 11 is 0. The molecular weight excluding hydrogens is 404 g/mol. The number of hydrogen-bond acceptors (Lipinski definition) is 5. The minimum atomic E-state index is -3.41. The average molecular weight is 433 g/mol. The smallest absolute Gasteiger partial charge is 0.409 e. The number of likely N-dealkylation sites (tertiary alicyclic amines) is 1. The number of rotatable bonds is 6. The molecule has 1 heterocycles. The van der Waals surface area contributed by atoms with E-state index in [9.17, 15) is 13.2 Å². The van der Waals surface area contributed by atoms with Crippen LogP contribution < -0.4 is 9.46 Å². The van der Waals surface area contributed by atoms with E-state index < -0.39 is 16.1 Å². The van der Waals surface area contributed by atoms with Crippen molar-refractivity contribution in [3.05, 3.63) is 54.1 Å². The summed E-state index contributed by atoms with van der Waals surface area (Å²) in [6.45, 7) is 0.537. The van der Waals surface area contributed by atoms with Crippen LogP contribution >= 0.6 is 0 Å². The van der Waals surface area contributed by atoms with Gasteiger partial charge in [-0.05, 0) is 48.1 Å². The van der Waals surface area contributed by atoms with E-state index in [-0.39, 0.29) is 12.1 Å². The molecule has 0 aromatic heterocycles. The van der Waals surface area contributed by atoms with E-state index in [0.29, 0.717) is 25.8 Å². The number of methoxy groups -OCH3 is 2. The van der Waals surface area contributed by atoms with Crippen molar-refractivity contribution in [3.8, 4) is 16.9 Å². The van der Waals surface area contributed by atoms with Crippen LogP contribution in [0.3, 0.4) is 0 Å². The van der Waals surface area contributed by atoms with Crippen LogP contribution in [0.15, 0.2) is 48.5 Å². The van der Waals surface area contributed by atoms with Crippen molar-refractivity contribution in [2.24, 2.45) is 0 Å². The minimum Gasteiger partial charge on any atom is -0.497 e. The van der Waals surface area contributed by atoms with Crippen LogP contribution in [-0.2, 0) is 21.2 Å². The molecule has 1 aliphatic heterocycles. The lowest BCUT2D eigenvalue weighted by molar-refractivity contribution is 0.0792. The Morgan fingerprint density at radius 1 is 1.13 bits per heavy atom. The molecule has 1 saturated heterocycles. The summed E-state index contributed by atoms with van der Waals surface area (Å²) < 4.78 is 36.7.